The van der Waals surface area contributed by atoms with Gasteiger partial charge in [-0.05, 0) is 32.0 Å². The minimum absolute atomic E-state index is 0.478. The first kappa shape index (κ1) is 11.6. The average Bonchev–Trinajstić information content (AvgIpc) is 2.15. The quantitative estimate of drug-likeness (QED) is 0.681. The predicted octanol–water partition coefficient (Wildman–Crippen LogP) is 2.33. The van der Waals surface area contributed by atoms with Crippen molar-refractivity contribution < 1.29 is 5.11 Å². The van der Waals surface area contributed by atoms with Crippen LogP contribution < -0.4 is 0 Å². The Labute approximate surface area is 94.1 Å². The summed E-state index contributed by atoms with van der Waals surface area (Å²) < 4.78 is 0. The van der Waals surface area contributed by atoms with Gasteiger partial charge in [-0.2, -0.15) is 5.26 Å². The molecule has 0 aliphatic carbocycles. The van der Waals surface area contributed by atoms with Crippen LogP contribution in [0.2, 0.25) is 5.02 Å². The van der Waals surface area contributed by atoms with Crippen molar-refractivity contribution in [2.45, 2.75) is 19.4 Å². The van der Waals surface area contributed by atoms with E-state index < -0.39 is 5.60 Å². The summed E-state index contributed by atoms with van der Waals surface area (Å²) in [5.74, 6) is 5.39. The standard InChI is InChI=1S/C12H10ClNO/c1-12(2,15)6-5-10-7-9(8-14)3-4-11(10)13/h3-4,7,15H,1-2H3. The molecule has 0 aromatic heterocycles. The minimum Gasteiger partial charge on any atom is -0.378 e. The smallest absolute Gasteiger partial charge is 0.120 e. The molecule has 0 saturated carbocycles. The molecule has 1 aromatic rings. The Morgan fingerprint density at radius 1 is 1.40 bits per heavy atom. The molecule has 0 heterocycles. The van der Waals surface area contributed by atoms with Gasteiger partial charge in [-0.25, -0.2) is 0 Å². The molecule has 0 saturated heterocycles. The maximum atomic E-state index is 9.41. The van der Waals surface area contributed by atoms with Crippen molar-refractivity contribution in [1.82, 2.24) is 0 Å². The molecule has 0 aliphatic rings. The maximum Gasteiger partial charge on any atom is 0.120 e. The van der Waals surface area contributed by atoms with E-state index in [0.717, 1.165) is 0 Å². The number of benzene rings is 1. The van der Waals surface area contributed by atoms with Gasteiger partial charge in [0.2, 0.25) is 0 Å². The summed E-state index contributed by atoms with van der Waals surface area (Å²) in [5.41, 5.74) is -0.0105. The summed E-state index contributed by atoms with van der Waals surface area (Å²) in [6.45, 7) is 3.17. The summed E-state index contributed by atoms with van der Waals surface area (Å²) in [7, 11) is 0. The van der Waals surface area contributed by atoms with Gasteiger partial charge >= 0.3 is 0 Å². The fourth-order valence-corrected chi connectivity index (χ4v) is 1.08. The molecule has 0 aliphatic heterocycles. The predicted molar refractivity (Wildman–Crippen MR) is 59.3 cm³/mol. The van der Waals surface area contributed by atoms with Crippen LogP contribution >= 0.6 is 11.6 Å². The molecule has 0 unspecified atom stereocenters. The van der Waals surface area contributed by atoms with Crippen molar-refractivity contribution in [2.24, 2.45) is 0 Å². The number of hydrogen-bond acceptors (Lipinski definition) is 2. The van der Waals surface area contributed by atoms with Crippen LogP contribution in [-0.2, 0) is 0 Å². The molecule has 76 valence electrons. The lowest BCUT2D eigenvalue weighted by atomic mass is 10.1. The number of rotatable bonds is 0. The molecule has 0 atom stereocenters. The van der Waals surface area contributed by atoms with Crippen LogP contribution in [0.25, 0.3) is 0 Å². The van der Waals surface area contributed by atoms with E-state index in [1.165, 1.54) is 0 Å². The van der Waals surface area contributed by atoms with Crippen molar-refractivity contribution in [1.29, 1.82) is 5.26 Å². The molecule has 0 radical (unpaired) electrons. The van der Waals surface area contributed by atoms with Gasteiger partial charge in [-0.3, -0.25) is 0 Å². The van der Waals surface area contributed by atoms with E-state index in [1.807, 2.05) is 6.07 Å². The third kappa shape index (κ3) is 3.64. The molecule has 0 spiro atoms. The topological polar surface area (TPSA) is 44.0 Å². The Hall–Kier alpha value is -1.48. The Morgan fingerprint density at radius 3 is 2.60 bits per heavy atom. The van der Waals surface area contributed by atoms with Crippen LogP contribution in [0, 0.1) is 23.2 Å². The first-order valence-electron chi connectivity index (χ1n) is 4.37. The molecule has 0 bridgehead atoms. The minimum atomic E-state index is -1.06. The Balaban J connectivity index is 3.14. The Morgan fingerprint density at radius 2 is 2.07 bits per heavy atom. The molecule has 0 amide bonds. The monoisotopic (exact) mass is 219 g/mol. The van der Waals surface area contributed by atoms with Crippen molar-refractivity contribution in [2.75, 3.05) is 0 Å². The van der Waals surface area contributed by atoms with Crippen molar-refractivity contribution >= 4 is 11.6 Å². The van der Waals surface area contributed by atoms with Gasteiger partial charge < -0.3 is 5.11 Å². The van der Waals surface area contributed by atoms with Crippen molar-refractivity contribution in [3.05, 3.63) is 34.3 Å². The Kier molecular flexibility index (Phi) is 3.37. The largest absolute Gasteiger partial charge is 0.378 e. The molecule has 3 heteroatoms. The number of aliphatic hydroxyl groups is 1. The number of nitrogens with zero attached hydrogens (tertiary/aromatic N) is 1. The molecule has 2 nitrogen and oxygen atoms in total. The second kappa shape index (κ2) is 4.36. The van der Waals surface area contributed by atoms with E-state index >= 15 is 0 Å². The van der Waals surface area contributed by atoms with Crippen molar-refractivity contribution in [3.63, 3.8) is 0 Å². The third-order valence-electron chi connectivity index (χ3n) is 1.60. The second-order valence-corrected chi connectivity index (χ2v) is 4.02. The second-order valence-electron chi connectivity index (χ2n) is 3.62. The lowest BCUT2D eigenvalue weighted by Crippen LogP contribution is -2.14. The molecule has 15 heavy (non-hydrogen) atoms. The van der Waals surface area contributed by atoms with Gasteiger partial charge in [-0.15, -0.1) is 0 Å². The molecule has 0 fully saturated rings. The molecule has 1 aromatic carbocycles. The highest BCUT2D eigenvalue weighted by atomic mass is 35.5. The van der Waals surface area contributed by atoms with Crippen LogP contribution in [0.15, 0.2) is 18.2 Å². The van der Waals surface area contributed by atoms with E-state index in [2.05, 4.69) is 11.8 Å². The average molecular weight is 220 g/mol. The lowest BCUT2D eigenvalue weighted by molar-refractivity contribution is 0.143. The SMILES string of the molecule is CC(C)(O)C#Cc1cc(C#N)ccc1Cl. The third-order valence-corrected chi connectivity index (χ3v) is 1.93. The zero-order valence-electron chi connectivity index (χ0n) is 8.50. The van der Waals surface area contributed by atoms with Crippen LogP contribution in [0.5, 0.6) is 0 Å². The van der Waals surface area contributed by atoms with E-state index in [9.17, 15) is 5.11 Å². The van der Waals surface area contributed by atoms with E-state index in [-0.39, 0.29) is 0 Å². The van der Waals surface area contributed by atoms with E-state index in [0.29, 0.717) is 16.1 Å². The zero-order valence-corrected chi connectivity index (χ0v) is 9.26. The lowest BCUT2D eigenvalue weighted by Gasteiger charge is -2.06. The number of halogens is 1. The van der Waals surface area contributed by atoms with Crippen LogP contribution in [0.4, 0.5) is 0 Å². The van der Waals surface area contributed by atoms with Gasteiger partial charge in [0.25, 0.3) is 0 Å². The van der Waals surface area contributed by atoms with E-state index in [1.54, 1.807) is 32.0 Å². The number of hydrogen-bond donors (Lipinski definition) is 1. The van der Waals surface area contributed by atoms with E-state index in [4.69, 9.17) is 16.9 Å². The van der Waals surface area contributed by atoms with Gasteiger partial charge in [0.1, 0.15) is 5.60 Å². The molecule has 1 N–H and O–H groups in total. The first-order chi connectivity index (χ1) is 6.92. The van der Waals surface area contributed by atoms with Gasteiger partial charge in [0, 0.05) is 5.56 Å². The summed E-state index contributed by atoms with van der Waals surface area (Å²) in [6.07, 6.45) is 0. The number of nitriles is 1. The van der Waals surface area contributed by atoms with Crippen LogP contribution in [0.1, 0.15) is 25.0 Å². The summed E-state index contributed by atoms with van der Waals surface area (Å²) in [5, 5.41) is 18.6. The summed E-state index contributed by atoms with van der Waals surface area (Å²) in [4.78, 5) is 0. The fraction of sp³-hybridized carbons (Fsp3) is 0.250. The molecular weight excluding hydrogens is 210 g/mol. The highest BCUT2D eigenvalue weighted by molar-refractivity contribution is 6.31. The summed E-state index contributed by atoms with van der Waals surface area (Å²) in [6, 6.07) is 6.84. The highest BCUT2D eigenvalue weighted by Crippen LogP contribution is 2.16. The van der Waals surface area contributed by atoms with Crippen molar-refractivity contribution in [3.8, 4) is 17.9 Å². The highest BCUT2D eigenvalue weighted by Gasteiger charge is 2.06. The first-order valence-corrected chi connectivity index (χ1v) is 4.75. The van der Waals surface area contributed by atoms with Gasteiger partial charge in [0.15, 0.2) is 0 Å². The fourth-order valence-electron chi connectivity index (χ4n) is 0.911. The normalized spacial score (nSPS) is 10.1. The zero-order chi connectivity index (χ0) is 11.5. The van der Waals surface area contributed by atoms with Crippen LogP contribution in [0.3, 0.4) is 0 Å². The molecular formula is C12H10ClNO. The van der Waals surface area contributed by atoms with Crippen LogP contribution in [-0.4, -0.2) is 10.7 Å². The molecule has 1 rings (SSSR count). The maximum absolute atomic E-state index is 9.41. The summed E-state index contributed by atoms with van der Waals surface area (Å²) >= 11 is 5.89. The van der Waals surface area contributed by atoms with Gasteiger partial charge in [-0.1, -0.05) is 23.4 Å². The Bertz CT molecular complexity index is 469. The van der Waals surface area contributed by atoms with Gasteiger partial charge in [0.05, 0.1) is 16.7 Å².